The second-order valence-electron chi connectivity index (χ2n) is 3.77. The fraction of sp³-hybridized carbons (Fsp3) is 0.417. The molecule has 0 aromatic heterocycles. The summed E-state index contributed by atoms with van der Waals surface area (Å²) in [5.41, 5.74) is -0.277. The van der Waals surface area contributed by atoms with Crippen LogP contribution >= 0.6 is 12.4 Å². The van der Waals surface area contributed by atoms with Crippen molar-refractivity contribution in [2.24, 2.45) is 0 Å². The smallest absolute Gasteiger partial charge is 0.339 e. The number of amides is 1. The van der Waals surface area contributed by atoms with Crippen LogP contribution < -0.4 is 5.32 Å². The Balaban J connectivity index is 0.00000289. The van der Waals surface area contributed by atoms with Gasteiger partial charge < -0.3 is 10.2 Å². The van der Waals surface area contributed by atoms with Gasteiger partial charge in [0.2, 0.25) is 0 Å². The van der Waals surface area contributed by atoms with E-state index in [0.29, 0.717) is 6.54 Å². The van der Waals surface area contributed by atoms with Crippen LogP contribution in [0.25, 0.3) is 0 Å². The van der Waals surface area contributed by atoms with Crippen molar-refractivity contribution in [1.82, 2.24) is 10.2 Å². The van der Waals surface area contributed by atoms with Gasteiger partial charge in [-0.3, -0.25) is 4.79 Å². The van der Waals surface area contributed by atoms with Gasteiger partial charge in [0.15, 0.2) is 0 Å². The van der Waals surface area contributed by atoms with E-state index in [2.05, 4.69) is 5.32 Å². The van der Waals surface area contributed by atoms with Crippen LogP contribution in [0.1, 0.15) is 5.56 Å². The normalized spacial score (nSPS) is 10.7. The summed E-state index contributed by atoms with van der Waals surface area (Å²) >= 11 is 0. The molecule has 102 valence electrons. The minimum absolute atomic E-state index is 0. The molecule has 0 radical (unpaired) electrons. The summed E-state index contributed by atoms with van der Waals surface area (Å²) in [5.74, 6) is -4.65. The summed E-state index contributed by atoms with van der Waals surface area (Å²) in [7, 11) is 3.07. The lowest BCUT2D eigenvalue weighted by atomic mass is 10.1. The Kier molecular flexibility index (Phi) is 6.80. The van der Waals surface area contributed by atoms with E-state index in [0.717, 1.165) is 4.90 Å². The highest BCUT2D eigenvalue weighted by molar-refractivity contribution is 5.85. The summed E-state index contributed by atoms with van der Waals surface area (Å²) in [5, 5.41) is 2.81. The number of carbonyl (C=O) groups excluding carboxylic acids is 1. The van der Waals surface area contributed by atoms with Gasteiger partial charge in [0, 0.05) is 25.7 Å². The third kappa shape index (κ3) is 3.92. The summed E-state index contributed by atoms with van der Waals surface area (Å²) < 4.78 is 27.6. The molecule has 1 N–H and O–H groups in total. The van der Waals surface area contributed by atoms with Gasteiger partial charge in [0.1, 0.15) is 0 Å². The second kappa shape index (κ2) is 7.28. The van der Waals surface area contributed by atoms with Crippen molar-refractivity contribution in [2.75, 3.05) is 27.2 Å². The molecule has 1 aromatic carbocycles. The van der Waals surface area contributed by atoms with E-state index in [9.17, 15) is 13.6 Å². The average Bonchev–Trinajstić information content (AvgIpc) is 2.36. The molecule has 1 aromatic rings. The predicted octanol–water partition coefficient (Wildman–Crippen LogP) is 1.88. The Labute approximate surface area is 112 Å². The number of nitrogens with one attached hydrogen (secondary N) is 1. The Bertz CT molecular complexity index is 374. The maximum absolute atomic E-state index is 13.8. The van der Waals surface area contributed by atoms with Crippen molar-refractivity contribution in [2.45, 2.75) is 5.92 Å². The molecule has 0 atom stereocenters. The number of likely N-dealkylation sites (N-methyl/N-ethyl adjacent to an activating group) is 2. The third-order valence-electron chi connectivity index (χ3n) is 2.45. The number of rotatable bonds is 5. The molecule has 0 spiro atoms. The highest BCUT2D eigenvalue weighted by Crippen LogP contribution is 2.29. The number of alkyl halides is 2. The predicted molar refractivity (Wildman–Crippen MR) is 69.1 cm³/mol. The first-order chi connectivity index (χ1) is 8.00. The van der Waals surface area contributed by atoms with Crippen LogP contribution in [0.4, 0.5) is 8.78 Å². The average molecular weight is 279 g/mol. The number of benzene rings is 1. The topological polar surface area (TPSA) is 32.3 Å². The van der Waals surface area contributed by atoms with E-state index < -0.39 is 11.8 Å². The van der Waals surface area contributed by atoms with E-state index in [-0.39, 0.29) is 24.5 Å². The summed E-state index contributed by atoms with van der Waals surface area (Å²) in [6.07, 6.45) is 0. The van der Waals surface area contributed by atoms with Gasteiger partial charge in [-0.25, -0.2) is 0 Å². The Morgan fingerprint density at radius 2 is 1.89 bits per heavy atom. The van der Waals surface area contributed by atoms with Crippen LogP contribution in [0, 0.1) is 0 Å². The van der Waals surface area contributed by atoms with Crippen molar-refractivity contribution >= 4 is 18.3 Å². The fourth-order valence-electron chi connectivity index (χ4n) is 1.39. The Morgan fingerprint density at radius 1 is 1.33 bits per heavy atom. The molecule has 1 amide bonds. The molecule has 0 saturated heterocycles. The van der Waals surface area contributed by atoms with E-state index in [1.165, 1.54) is 31.3 Å². The van der Waals surface area contributed by atoms with Gasteiger partial charge in [-0.2, -0.15) is 8.78 Å². The Hall–Kier alpha value is -1.20. The highest BCUT2D eigenvalue weighted by Gasteiger charge is 2.42. The minimum Gasteiger partial charge on any atom is -0.339 e. The van der Waals surface area contributed by atoms with Gasteiger partial charge in [-0.05, 0) is 7.05 Å². The maximum Gasteiger partial charge on any atom is 0.349 e. The van der Waals surface area contributed by atoms with Crippen LogP contribution in [-0.2, 0) is 10.7 Å². The number of nitrogens with zero attached hydrogens (tertiary/aromatic N) is 1. The van der Waals surface area contributed by atoms with E-state index in [1.807, 2.05) is 0 Å². The van der Waals surface area contributed by atoms with Gasteiger partial charge in [-0.15, -0.1) is 12.4 Å². The first kappa shape index (κ1) is 16.8. The third-order valence-corrected chi connectivity index (χ3v) is 2.45. The second-order valence-corrected chi connectivity index (χ2v) is 3.77. The molecular formula is C12H17ClF2N2O. The molecule has 0 aliphatic carbocycles. The van der Waals surface area contributed by atoms with Crippen LogP contribution in [0.3, 0.4) is 0 Å². The molecule has 0 aliphatic rings. The maximum atomic E-state index is 13.8. The van der Waals surface area contributed by atoms with Crippen molar-refractivity contribution in [3.63, 3.8) is 0 Å². The lowest BCUT2D eigenvalue weighted by Gasteiger charge is -2.23. The zero-order valence-electron chi connectivity index (χ0n) is 10.3. The first-order valence-electron chi connectivity index (χ1n) is 5.33. The quantitative estimate of drug-likeness (QED) is 0.892. The number of carbonyl (C=O) groups is 1. The van der Waals surface area contributed by atoms with E-state index in [4.69, 9.17) is 0 Å². The van der Waals surface area contributed by atoms with Crippen LogP contribution in [-0.4, -0.2) is 38.0 Å². The molecule has 0 aliphatic heterocycles. The summed E-state index contributed by atoms with van der Waals surface area (Å²) in [4.78, 5) is 12.7. The lowest BCUT2D eigenvalue weighted by molar-refractivity contribution is -0.157. The van der Waals surface area contributed by atoms with Gasteiger partial charge in [0.05, 0.1) is 0 Å². The molecule has 0 bridgehead atoms. The first-order valence-corrected chi connectivity index (χ1v) is 5.33. The van der Waals surface area contributed by atoms with Crippen molar-refractivity contribution in [3.8, 4) is 0 Å². The van der Waals surface area contributed by atoms with Crippen molar-refractivity contribution < 1.29 is 13.6 Å². The monoisotopic (exact) mass is 278 g/mol. The fourth-order valence-corrected chi connectivity index (χ4v) is 1.39. The minimum atomic E-state index is -3.47. The number of hydrogen-bond donors (Lipinski definition) is 1. The van der Waals surface area contributed by atoms with E-state index in [1.54, 1.807) is 13.1 Å². The number of hydrogen-bond acceptors (Lipinski definition) is 2. The number of halogens is 3. The molecule has 0 fully saturated rings. The molecule has 6 heteroatoms. The van der Waals surface area contributed by atoms with Crippen molar-refractivity contribution in [3.05, 3.63) is 35.9 Å². The van der Waals surface area contributed by atoms with Gasteiger partial charge in [0.25, 0.3) is 5.91 Å². The van der Waals surface area contributed by atoms with E-state index >= 15 is 0 Å². The van der Waals surface area contributed by atoms with Crippen molar-refractivity contribution in [1.29, 1.82) is 0 Å². The molecule has 0 heterocycles. The highest BCUT2D eigenvalue weighted by atomic mass is 35.5. The Morgan fingerprint density at radius 3 is 2.39 bits per heavy atom. The molecular weight excluding hydrogens is 262 g/mol. The summed E-state index contributed by atoms with van der Waals surface area (Å²) in [6, 6.07) is 7.12. The zero-order chi connectivity index (χ0) is 12.9. The SMILES string of the molecule is CNCCN(C)C(=O)C(F)(F)c1ccccc1.Cl. The zero-order valence-corrected chi connectivity index (χ0v) is 11.1. The summed E-state index contributed by atoms with van der Waals surface area (Å²) in [6.45, 7) is 0.727. The standard InChI is InChI=1S/C12H16F2N2O.ClH/c1-15-8-9-16(2)11(17)12(13,14)10-6-4-3-5-7-10;/h3-7,15H,8-9H2,1-2H3;1H. The largest absolute Gasteiger partial charge is 0.349 e. The molecule has 3 nitrogen and oxygen atoms in total. The van der Waals surface area contributed by atoms with Crippen LogP contribution in [0.5, 0.6) is 0 Å². The van der Waals surface area contributed by atoms with Gasteiger partial charge in [-0.1, -0.05) is 30.3 Å². The van der Waals surface area contributed by atoms with Crippen LogP contribution in [0.2, 0.25) is 0 Å². The molecule has 1 rings (SSSR count). The molecule has 0 unspecified atom stereocenters. The molecule has 18 heavy (non-hydrogen) atoms. The lowest BCUT2D eigenvalue weighted by Crippen LogP contribution is -2.42. The van der Waals surface area contributed by atoms with Gasteiger partial charge >= 0.3 is 5.92 Å². The molecule has 0 saturated carbocycles. The van der Waals surface area contributed by atoms with Crippen LogP contribution in [0.15, 0.2) is 30.3 Å².